The zero-order valence-corrected chi connectivity index (χ0v) is 8.63. The van der Waals surface area contributed by atoms with Crippen molar-refractivity contribution in [1.29, 1.82) is 0 Å². The molecule has 1 rings (SSSR count). The number of nitrogens with two attached hydrogens (primary N) is 2. The van der Waals surface area contributed by atoms with Crippen LogP contribution in [0, 0.1) is 6.92 Å². The van der Waals surface area contributed by atoms with Crippen molar-refractivity contribution in [1.82, 2.24) is 5.32 Å². The number of carbonyl (C=O) groups is 2. The SMILES string of the molecule is CNC(=O)c1cc(C(N)=O)cc(C)c1N. The number of nitrogens with one attached hydrogen (secondary N) is 1. The zero-order chi connectivity index (χ0) is 11.6. The van der Waals surface area contributed by atoms with Crippen LogP contribution in [-0.4, -0.2) is 18.9 Å². The number of hydrogen-bond donors (Lipinski definition) is 3. The van der Waals surface area contributed by atoms with Gasteiger partial charge in [0.25, 0.3) is 5.91 Å². The van der Waals surface area contributed by atoms with Crippen LogP contribution in [0.2, 0.25) is 0 Å². The topological polar surface area (TPSA) is 98.2 Å². The smallest absolute Gasteiger partial charge is 0.253 e. The number of primary amides is 1. The second kappa shape index (κ2) is 4.00. The minimum absolute atomic E-state index is 0.270. The van der Waals surface area contributed by atoms with Crippen LogP contribution >= 0.6 is 0 Å². The number of rotatable bonds is 2. The lowest BCUT2D eigenvalue weighted by molar-refractivity contribution is 0.0964. The molecular formula is C10H13N3O2. The van der Waals surface area contributed by atoms with E-state index in [1.807, 2.05) is 0 Å². The fourth-order valence-electron chi connectivity index (χ4n) is 1.26. The summed E-state index contributed by atoms with van der Waals surface area (Å²) in [6, 6.07) is 2.95. The molecular weight excluding hydrogens is 194 g/mol. The van der Waals surface area contributed by atoms with Crippen LogP contribution in [0.15, 0.2) is 12.1 Å². The van der Waals surface area contributed by atoms with Gasteiger partial charge in [0, 0.05) is 18.3 Å². The van der Waals surface area contributed by atoms with Crippen molar-refractivity contribution < 1.29 is 9.59 Å². The van der Waals surface area contributed by atoms with Crippen molar-refractivity contribution in [2.45, 2.75) is 6.92 Å². The standard InChI is InChI=1S/C10H13N3O2/c1-5-3-6(9(12)14)4-7(8(5)11)10(15)13-2/h3-4H,11H2,1-2H3,(H2,12,14)(H,13,15). The monoisotopic (exact) mass is 207 g/mol. The first-order valence-corrected chi connectivity index (χ1v) is 4.39. The Hall–Kier alpha value is -2.04. The van der Waals surface area contributed by atoms with Gasteiger partial charge in [-0.05, 0) is 24.6 Å². The maximum atomic E-state index is 11.4. The Morgan fingerprint density at radius 2 is 1.93 bits per heavy atom. The van der Waals surface area contributed by atoms with Gasteiger partial charge in [0.15, 0.2) is 0 Å². The van der Waals surface area contributed by atoms with E-state index in [-0.39, 0.29) is 17.0 Å². The first-order valence-electron chi connectivity index (χ1n) is 4.39. The minimum atomic E-state index is -0.580. The van der Waals surface area contributed by atoms with Crippen molar-refractivity contribution in [2.75, 3.05) is 12.8 Å². The van der Waals surface area contributed by atoms with E-state index < -0.39 is 5.91 Å². The van der Waals surface area contributed by atoms with E-state index >= 15 is 0 Å². The molecule has 80 valence electrons. The third-order valence-electron chi connectivity index (χ3n) is 2.14. The molecule has 5 N–H and O–H groups in total. The lowest BCUT2D eigenvalue weighted by atomic mass is 10.0. The maximum Gasteiger partial charge on any atom is 0.253 e. The molecule has 0 saturated heterocycles. The molecule has 0 aromatic heterocycles. The molecule has 2 amide bonds. The summed E-state index contributed by atoms with van der Waals surface area (Å²) in [6.45, 7) is 1.72. The highest BCUT2D eigenvalue weighted by Gasteiger charge is 2.13. The minimum Gasteiger partial charge on any atom is -0.398 e. The number of carbonyl (C=O) groups excluding carboxylic acids is 2. The first kappa shape index (κ1) is 11.0. The molecule has 0 fully saturated rings. The molecule has 0 aliphatic carbocycles. The van der Waals surface area contributed by atoms with Gasteiger partial charge < -0.3 is 16.8 Å². The molecule has 15 heavy (non-hydrogen) atoms. The summed E-state index contributed by atoms with van der Waals surface area (Å²) in [5.41, 5.74) is 12.4. The van der Waals surface area contributed by atoms with Crippen LogP contribution in [-0.2, 0) is 0 Å². The van der Waals surface area contributed by atoms with E-state index in [9.17, 15) is 9.59 Å². The second-order valence-corrected chi connectivity index (χ2v) is 3.20. The summed E-state index contributed by atoms with van der Waals surface area (Å²) in [7, 11) is 1.49. The number of benzene rings is 1. The Labute approximate surface area is 87.4 Å². The average molecular weight is 207 g/mol. The second-order valence-electron chi connectivity index (χ2n) is 3.20. The van der Waals surface area contributed by atoms with Gasteiger partial charge in [0.1, 0.15) is 0 Å². The predicted molar refractivity (Wildman–Crippen MR) is 57.5 cm³/mol. The van der Waals surface area contributed by atoms with Gasteiger partial charge in [-0.1, -0.05) is 0 Å². The van der Waals surface area contributed by atoms with Crippen LogP contribution < -0.4 is 16.8 Å². The zero-order valence-electron chi connectivity index (χ0n) is 8.63. The molecule has 1 aromatic rings. The number of aryl methyl sites for hydroxylation is 1. The van der Waals surface area contributed by atoms with Crippen LogP contribution in [0.4, 0.5) is 5.69 Å². The molecule has 5 heteroatoms. The molecule has 1 aromatic carbocycles. The average Bonchev–Trinajstić information content (AvgIpc) is 2.20. The number of amides is 2. The maximum absolute atomic E-state index is 11.4. The van der Waals surface area contributed by atoms with E-state index in [4.69, 9.17) is 11.5 Å². The molecule has 0 atom stereocenters. The highest BCUT2D eigenvalue weighted by atomic mass is 16.2. The summed E-state index contributed by atoms with van der Waals surface area (Å²) >= 11 is 0. The molecule has 0 unspecified atom stereocenters. The van der Waals surface area contributed by atoms with Gasteiger partial charge in [0.2, 0.25) is 5.91 Å². The lowest BCUT2D eigenvalue weighted by Gasteiger charge is -2.09. The Morgan fingerprint density at radius 1 is 1.33 bits per heavy atom. The number of nitrogen functional groups attached to an aromatic ring is 1. The van der Waals surface area contributed by atoms with Gasteiger partial charge in [-0.3, -0.25) is 9.59 Å². The largest absolute Gasteiger partial charge is 0.398 e. The van der Waals surface area contributed by atoms with Crippen LogP contribution in [0.25, 0.3) is 0 Å². The Balaban J connectivity index is 3.37. The lowest BCUT2D eigenvalue weighted by Crippen LogP contribution is -2.21. The Kier molecular flexibility index (Phi) is 2.94. The van der Waals surface area contributed by atoms with Gasteiger partial charge in [-0.15, -0.1) is 0 Å². The highest BCUT2D eigenvalue weighted by molar-refractivity contribution is 6.03. The predicted octanol–water partition coefficient (Wildman–Crippen LogP) is 0.0357. The van der Waals surface area contributed by atoms with Crippen molar-refractivity contribution in [3.8, 4) is 0 Å². The van der Waals surface area contributed by atoms with Crippen molar-refractivity contribution in [3.05, 3.63) is 28.8 Å². The van der Waals surface area contributed by atoms with Crippen molar-refractivity contribution in [2.24, 2.45) is 5.73 Å². The molecule has 5 nitrogen and oxygen atoms in total. The van der Waals surface area contributed by atoms with Gasteiger partial charge >= 0.3 is 0 Å². The molecule has 0 spiro atoms. The molecule has 0 aliphatic rings. The van der Waals surface area contributed by atoms with E-state index in [2.05, 4.69) is 5.32 Å². The van der Waals surface area contributed by atoms with Gasteiger partial charge in [-0.25, -0.2) is 0 Å². The van der Waals surface area contributed by atoms with E-state index in [1.165, 1.54) is 13.1 Å². The summed E-state index contributed by atoms with van der Waals surface area (Å²) in [4.78, 5) is 22.4. The van der Waals surface area contributed by atoms with E-state index in [0.29, 0.717) is 11.3 Å². The van der Waals surface area contributed by atoms with Crippen LogP contribution in [0.3, 0.4) is 0 Å². The third kappa shape index (κ3) is 2.07. The highest BCUT2D eigenvalue weighted by Crippen LogP contribution is 2.19. The Bertz CT molecular complexity index is 427. The summed E-state index contributed by atoms with van der Waals surface area (Å²) in [6.07, 6.45) is 0. The fourth-order valence-corrected chi connectivity index (χ4v) is 1.26. The molecule has 0 heterocycles. The Morgan fingerprint density at radius 3 is 2.40 bits per heavy atom. The normalized spacial score (nSPS) is 9.73. The van der Waals surface area contributed by atoms with E-state index in [1.54, 1.807) is 13.0 Å². The van der Waals surface area contributed by atoms with Crippen molar-refractivity contribution >= 4 is 17.5 Å². The molecule has 0 radical (unpaired) electrons. The molecule has 0 aliphatic heterocycles. The number of hydrogen-bond acceptors (Lipinski definition) is 3. The summed E-state index contributed by atoms with van der Waals surface area (Å²) < 4.78 is 0. The quantitative estimate of drug-likeness (QED) is 0.597. The van der Waals surface area contributed by atoms with Crippen molar-refractivity contribution in [3.63, 3.8) is 0 Å². The van der Waals surface area contributed by atoms with E-state index in [0.717, 1.165) is 0 Å². The summed E-state index contributed by atoms with van der Waals surface area (Å²) in [5.74, 6) is -0.915. The number of anilines is 1. The van der Waals surface area contributed by atoms with Gasteiger partial charge in [-0.2, -0.15) is 0 Å². The first-order chi connectivity index (χ1) is 6.97. The summed E-state index contributed by atoms with van der Waals surface area (Å²) in [5, 5.41) is 2.44. The molecule has 0 saturated carbocycles. The van der Waals surface area contributed by atoms with Gasteiger partial charge in [0.05, 0.1) is 5.56 Å². The fraction of sp³-hybridized carbons (Fsp3) is 0.200. The van der Waals surface area contributed by atoms with Crippen LogP contribution in [0.1, 0.15) is 26.3 Å². The third-order valence-corrected chi connectivity index (χ3v) is 2.14. The molecule has 0 bridgehead atoms. The van der Waals surface area contributed by atoms with Crippen LogP contribution in [0.5, 0.6) is 0 Å².